The lowest BCUT2D eigenvalue weighted by Crippen LogP contribution is -1.22. The van der Waals surface area contributed by atoms with Gasteiger partial charge in [-0.3, -0.25) is 0 Å². The Morgan fingerprint density at radius 2 is 1.33 bits per heavy atom. The van der Waals surface area contributed by atoms with Gasteiger partial charge in [0.15, 0.2) is 0 Å². The monoisotopic (exact) mass is 204 g/mol. The topological polar surface area (TPSA) is 65.6 Å². The predicted octanol–water partition coefficient (Wildman–Crippen LogP) is -0.357. The number of hydrogen-bond donors (Lipinski definition) is 0. The highest BCUT2D eigenvalue weighted by molar-refractivity contribution is 14.1. The summed E-state index contributed by atoms with van der Waals surface area (Å²) < 4.78 is 0. The van der Waals surface area contributed by atoms with Gasteiger partial charge in [0.05, 0.1) is 0 Å². The van der Waals surface area contributed by atoms with E-state index in [2.05, 4.69) is 22.6 Å². The quantitative estimate of drug-likeness (QED) is 0.399. The normalized spacial score (nSPS) is 2.33. The molecular formula is C2H5IO3. The molecule has 3 nitrogen and oxygen atoms in total. The molecule has 0 saturated heterocycles. The van der Waals surface area contributed by atoms with Crippen molar-refractivity contribution in [1.29, 1.82) is 0 Å². The van der Waals surface area contributed by atoms with E-state index in [-0.39, 0.29) is 11.6 Å². The van der Waals surface area contributed by atoms with Crippen LogP contribution >= 0.6 is 22.6 Å². The molecule has 0 unspecified atom stereocenters. The second kappa shape index (κ2) is 73.4. The van der Waals surface area contributed by atoms with Crippen molar-refractivity contribution in [3.05, 3.63) is 0 Å². The third-order valence-corrected chi connectivity index (χ3v) is 0. The molecule has 0 bridgehead atoms. The van der Waals surface area contributed by atoms with Crippen molar-refractivity contribution in [2.45, 2.75) is 0 Å². The van der Waals surface area contributed by atoms with Crippen molar-refractivity contribution in [2.75, 3.05) is 4.93 Å². The molecule has 6 heavy (non-hydrogen) atoms. The van der Waals surface area contributed by atoms with Gasteiger partial charge in [-0.1, -0.05) is 22.6 Å². The Balaban J connectivity index is -0.0000000275. The average molecular weight is 204 g/mol. The minimum atomic E-state index is 0. The van der Waals surface area contributed by atoms with Gasteiger partial charge in [0.25, 0.3) is 0 Å². The molecule has 0 aliphatic heterocycles. The Kier molecular flexibility index (Phi) is 202. The molecule has 0 atom stereocenters. The van der Waals surface area contributed by atoms with Gasteiger partial charge < -0.3 is 5.48 Å². The van der Waals surface area contributed by atoms with Crippen LogP contribution in [0.5, 0.6) is 0 Å². The molecule has 0 aliphatic rings. The van der Waals surface area contributed by atoms with Gasteiger partial charge in [-0.15, -0.1) is 0 Å². The van der Waals surface area contributed by atoms with Gasteiger partial charge in [0, 0.05) is 0 Å². The molecule has 0 fully saturated rings. The summed E-state index contributed by atoms with van der Waals surface area (Å²) in [6, 6.07) is 0. The van der Waals surface area contributed by atoms with E-state index in [1.807, 2.05) is 4.93 Å². The van der Waals surface area contributed by atoms with E-state index in [4.69, 9.17) is 9.59 Å². The summed E-state index contributed by atoms with van der Waals surface area (Å²) in [4.78, 5) is 18.2. The second-order valence-electron chi connectivity index (χ2n) is 0.0833. The molecule has 0 amide bonds. The standard InChI is InChI=1S/CH3I.CO2.H2O/c1-2;2-1-3;/h1H3;;1H2. The van der Waals surface area contributed by atoms with Gasteiger partial charge >= 0.3 is 6.15 Å². The van der Waals surface area contributed by atoms with Gasteiger partial charge in [0.2, 0.25) is 0 Å². The molecule has 0 aromatic carbocycles. The Labute approximate surface area is 49.2 Å². The van der Waals surface area contributed by atoms with Gasteiger partial charge in [0.1, 0.15) is 0 Å². The molecule has 0 aromatic rings. The van der Waals surface area contributed by atoms with Crippen LogP contribution in [-0.4, -0.2) is 16.6 Å². The van der Waals surface area contributed by atoms with Crippen molar-refractivity contribution in [2.24, 2.45) is 0 Å². The maximum absolute atomic E-state index is 8.12. The highest BCUT2D eigenvalue weighted by atomic mass is 127. The van der Waals surface area contributed by atoms with E-state index >= 15 is 0 Å². The third-order valence-electron chi connectivity index (χ3n) is 0. The summed E-state index contributed by atoms with van der Waals surface area (Å²) in [6.07, 6.45) is 0.250. The number of halogens is 1. The molecule has 0 rings (SSSR count). The zero-order valence-corrected chi connectivity index (χ0v) is 5.35. The Morgan fingerprint density at radius 1 is 1.33 bits per heavy atom. The third kappa shape index (κ3) is 7830. The maximum atomic E-state index is 8.12. The minimum absolute atomic E-state index is 0. The molecule has 0 aromatic heterocycles. The number of rotatable bonds is 0. The zero-order chi connectivity index (χ0) is 4.71. The van der Waals surface area contributed by atoms with E-state index in [1.165, 1.54) is 0 Å². The first-order valence-electron chi connectivity index (χ1n) is 0.786. The summed E-state index contributed by atoms with van der Waals surface area (Å²) >= 11 is 2.15. The fraction of sp³-hybridized carbons (Fsp3) is 0.500. The fourth-order valence-corrected chi connectivity index (χ4v) is 0. The predicted molar refractivity (Wildman–Crippen MR) is 28.6 cm³/mol. The first-order valence-corrected chi connectivity index (χ1v) is 2.94. The molecule has 0 heterocycles. The van der Waals surface area contributed by atoms with Crippen LogP contribution in [0.25, 0.3) is 0 Å². The molecular weight excluding hydrogens is 199 g/mol. The Bertz CT molecular complexity index is 29.8. The minimum Gasteiger partial charge on any atom is -0.412 e. The van der Waals surface area contributed by atoms with Crippen molar-refractivity contribution >= 4 is 28.7 Å². The molecule has 2 N–H and O–H groups in total. The SMILES string of the molecule is CI.O.O=C=O. The summed E-state index contributed by atoms with van der Waals surface area (Å²) in [5, 5.41) is 0. The van der Waals surface area contributed by atoms with E-state index in [1.54, 1.807) is 0 Å². The van der Waals surface area contributed by atoms with Gasteiger partial charge in [-0.05, 0) is 4.93 Å². The van der Waals surface area contributed by atoms with Crippen molar-refractivity contribution in [3.63, 3.8) is 0 Å². The summed E-state index contributed by atoms with van der Waals surface area (Å²) in [6.45, 7) is 0. The lowest BCUT2D eigenvalue weighted by molar-refractivity contribution is -0.191. The summed E-state index contributed by atoms with van der Waals surface area (Å²) in [5.74, 6) is 0. The lowest BCUT2D eigenvalue weighted by Gasteiger charge is -1.05. The first kappa shape index (κ1) is 16.6. The van der Waals surface area contributed by atoms with Crippen LogP contribution in [0.1, 0.15) is 0 Å². The molecule has 0 saturated carbocycles. The average Bonchev–Trinajstić information content (AvgIpc) is 1.46. The van der Waals surface area contributed by atoms with E-state index in [0.29, 0.717) is 0 Å². The van der Waals surface area contributed by atoms with Crippen molar-refractivity contribution in [1.82, 2.24) is 0 Å². The van der Waals surface area contributed by atoms with Crippen LogP contribution in [-0.2, 0) is 9.59 Å². The van der Waals surface area contributed by atoms with Crippen LogP contribution in [0.3, 0.4) is 0 Å². The highest BCUT2D eigenvalue weighted by Crippen LogP contribution is 1.48. The fourth-order valence-electron chi connectivity index (χ4n) is 0. The van der Waals surface area contributed by atoms with Crippen LogP contribution in [0.4, 0.5) is 0 Å². The molecule has 38 valence electrons. The lowest BCUT2D eigenvalue weighted by atomic mass is 11.8. The van der Waals surface area contributed by atoms with Crippen LogP contribution in [0, 0.1) is 0 Å². The zero-order valence-electron chi connectivity index (χ0n) is 3.19. The van der Waals surface area contributed by atoms with Gasteiger partial charge in [-0.2, -0.15) is 9.59 Å². The molecule has 0 radical (unpaired) electrons. The molecule has 4 heteroatoms. The van der Waals surface area contributed by atoms with Gasteiger partial charge in [-0.25, -0.2) is 0 Å². The largest absolute Gasteiger partial charge is 0.412 e. The summed E-state index contributed by atoms with van der Waals surface area (Å²) in [5.41, 5.74) is 0. The number of alkyl halides is 1. The van der Waals surface area contributed by atoms with E-state index < -0.39 is 0 Å². The van der Waals surface area contributed by atoms with Crippen LogP contribution < -0.4 is 0 Å². The first-order chi connectivity index (χ1) is 2.41. The number of carbonyl (C=O) groups excluding carboxylic acids is 2. The van der Waals surface area contributed by atoms with Crippen LogP contribution in [0.15, 0.2) is 0 Å². The Morgan fingerprint density at radius 3 is 1.33 bits per heavy atom. The van der Waals surface area contributed by atoms with E-state index in [9.17, 15) is 0 Å². The highest BCUT2D eigenvalue weighted by Gasteiger charge is 1.13. The van der Waals surface area contributed by atoms with Crippen LogP contribution in [0.2, 0.25) is 0 Å². The molecule has 0 aliphatic carbocycles. The van der Waals surface area contributed by atoms with E-state index in [0.717, 1.165) is 0 Å². The Hall–Kier alpha value is 0.0700. The second-order valence-corrected chi connectivity index (χ2v) is 0.0833. The summed E-state index contributed by atoms with van der Waals surface area (Å²) in [7, 11) is 0. The molecule has 0 spiro atoms. The number of hydrogen-bond acceptors (Lipinski definition) is 2. The maximum Gasteiger partial charge on any atom is 0.373 e. The van der Waals surface area contributed by atoms with Crippen molar-refractivity contribution < 1.29 is 15.1 Å². The smallest absolute Gasteiger partial charge is 0.373 e. The van der Waals surface area contributed by atoms with Crippen molar-refractivity contribution in [3.8, 4) is 0 Å².